The number of methoxy groups -OCH3 is 1. The van der Waals surface area contributed by atoms with Crippen LogP contribution in [0.15, 0.2) is 35.4 Å². The molecule has 0 spiro atoms. The Bertz CT molecular complexity index is 953. The van der Waals surface area contributed by atoms with Crippen molar-refractivity contribution in [2.75, 3.05) is 20.2 Å². The summed E-state index contributed by atoms with van der Waals surface area (Å²) in [6.45, 7) is 2.81. The maximum absolute atomic E-state index is 13.1. The van der Waals surface area contributed by atoms with Gasteiger partial charge in [-0.2, -0.15) is 4.31 Å². The monoisotopic (exact) mass is 420 g/mol. The molecule has 1 aliphatic heterocycles. The molecule has 1 aliphatic rings. The van der Waals surface area contributed by atoms with Gasteiger partial charge in [0.25, 0.3) is 5.91 Å². The lowest BCUT2D eigenvalue weighted by atomic mass is 10.0. The van der Waals surface area contributed by atoms with Crippen molar-refractivity contribution in [3.8, 4) is 5.88 Å². The van der Waals surface area contributed by atoms with Crippen LogP contribution in [0.25, 0.3) is 0 Å². The van der Waals surface area contributed by atoms with Gasteiger partial charge >= 0.3 is 0 Å². The van der Waals surface area contributed by atoms with Crippen LogP contribution in [0.3, 0.4) is 0 Å². The van der Waals surface area contributed by atoms with Crippen LogP contribution in [-0.2, 0) is 17.1 Å². The molecule has 1 amide bonds. The first-order chi connectivity index (χ1) is 13.8. The minimum absolute atomic E-state index is 0.133. The third-order valence-electron chi connectivity index (χ3n) is 5.20. The Labute approximate surface area is 171 Å². The molecular weight excluding hydrogens is 392 g/mol. The van der Waals surface area contributed by atoms with Gasteiger partial charge in [0.2, 0.25) is 15.9 Å². The minimum atomic E-state index is -3.55. The van der Waals surface area contributed by atoms with Crippen LogP contribution in [0.5, 0.6) is 5.88 Å². The van der Waals surface area contributed by atoms with Gasteiger partial charge in [-0.1, -0.05) is 24.1 Å². The van der Waals surface area contributed by atoms with Crippen molar-refractivity contribution in [1.29, 1.82) is 0 Å². The average molecular weight is 421 g/mol. The standard InChI is InChI=1S/C20H28N4O4S/c1-15-7-9-17(10-8-15)29(26,27)24-13-5-4-6-16(24)11-12-21-19(25)18-14-23(2)22-20(18)28-3/h7-10,14,16H,4-6,11-13H2,1-3H3,(H,21,25)/t16-/m1/s1. The number of nitrogens with one attached hydrogen (secondary N) is 1. The van der Waals surface area contributed by atoms with Crippen molar-refractivity contribution in [2.24, 2.45) is 7.05 Å². The molecule has 0 unspecified atom stereocenters. The molecule has 1 N–H and O–H groups in total. The zero-order valence-electron chi connectivity index (χ0n) is 17.1. The Hall–Kier alpha value is -2.39. The summed E-state index contributed by atoms with van der Waals surface area (Å²) in [5, 5.41) is 6.94. The predicted molar refractivity (Wildman–Crippen MR) is 109 cm³/mol. The summed E-state index contributed by atoms with van der Waals surface area (Å²) in [7, 11) is -0.366. The number of carbonyl (C=O) groups excluding carboxylic acids is 1. The summed E-state index contributed by atoms with van der Waals surface area (Å²) >= 11 is 0. The number of piperidine rings is 1. The number of nitrogens with zero attached hydrogens (tertiary/aromatic N) is 3. The van der Waals surface area contributed by atoms with E-state index in [2.05, 4.69) is 10.4 Å². The molecule has 8 nitrogen and oxygen atoms in total. The number of carbonyl (C=O) groups is 1. The van der Waals surface area contributed by atoms with Crippen molar-refractivity contribution in [3.05, 3.63) is 41.6 Å². The molecule has 158 valence electrons. The number of amides is 1. The normalized spacial score (nSPS) is 17.8. The van der Waals surface area contributed by atoms with Crippen LogP contribution in [0.1, 0.15) is 41.6 Å². The van der Waals surface area contributed by atoms with Crippen LogP contribution in [0.2, 0.25) is 0 Å². The second-order valence-electron chi connectivity index (χ2n) is 7.35. The second-order valence-corrected chi connectivity index (χ2v) is 9.24. The number of aryl methyl sites for hydroxylation is 2. The highest BCUT2D eigenvalue weighted by Gasteiger charge is 2.33. The first kappa shape index (κ1) is 21.3. The van der Waals surface area contributed by atoms with Crippen LogP contribution >= 0.6 is 0 Å². The topological polar surface area (TPSA) is 93.5 Å². The van der Waals surface area contributed by atoms with Crippen molar-refractivity contribution in [1.82, 2.24) is 19.4 Å². The Balaban J connectivity index is 1.66. The number of sulfonamides is 1. The van der Waals surface area contributed by atoms with E-state index in [1.807, 2.05) is 19.1 Å². The van der Waals surface area contributed by atoms with Gasteiger partial charge in [0.05, 0.1) is 12.0 Å². The van der Waals surface area contributed by atoms with E-state index >= 15 is 0 Å². The lowest BCUT2D eigenvalue weighted by Crippen LogP contribution is -2.45. The Morgan fingerprint density at radius 2 is 2.00 bits per heavy atom. The number of hydrogen-bond acceptors (Lipinski definition) is 5. The SMILES string of the molecule is COc1nn(C)cc1C(=O)NCC[C@H]1CCCCN1S(=O)(=O)c1ccc(C)cc1. The molecule has 1 aromatic carbocycles. The fourth-order valence-electron chi connectivity index (χ4n) is 3.65. The molecule has 0 aliphatic carbocycles. The van der Waals surface area contributed by atoms with Gasteiger partial charge < -0.3 is 10.1 Å². The highest BCUT2D eigenvalue weighted by atomic mass is 32.2. The molecule has 1 saturated heterocycles. The second kappa shape index (κ2) is 8.96. The fourth-order valence-corrected chi connectivity index (χ4v) is 5.37. The Morgan fingerprint density at radius 1 is 1.28 bits per heavy atom. The summed E-state index contributed by atoms with van der Waals surface area (Å²) in [5.41, 5.74) is 1.38. The quantitative estimate of drug-likeness (QED) is 0.740. The van der Waals surface area contributed by atoms with E-state index in [-0.39, 0.29) is 17.8 Å². The van der Waals surface area contributed by atoms with Crippen molar-refractivity contribution in [2.45, 2.75) is 43.5 Å². The average Bonchev–Trinajstić information content (AvgIpc) is 3.09. The van der Waals surface area contributed by atoms with Gasteiger partial charge in [-0.05, 0) is 38.3 Å². The van der Waals surface area contributed by atoms with E-state index in [4.69, 9.17) is 4.74 Å². The summed E-state index contributed by atoms with van der Waals surface area (Å²) in [5.74, 6) is -0.00931. The smallest absolute Gasteiger partial charge is 0.258 e. The molecule has 0 saturated carbocycles. The molecule has 1 atom stereocenters. The molecule has 9 heteroatoms. The van der Waals surface area contributed by atoms with Gasteiger partial charge in [0.15, 0.2) is 0 Å². The molecule has 1 fully saturated rings. The van der Waals surface area contributed by atoms with Crippen LogP contribution in [0.4, 0.5) is 0 Å². The molecule has 1 aromatic heterocycles. The van der Waals surface area contributed by atoms with Gasteiger partial charge in [-0.3, -0.25) is 9.48 Å². The van der Waals surface area contributed by atoms with Gasteiger partial charge in [0, 0.05) is 32.4 Å². The molecular formula is C20H28N4O4S. The van der Waals surface area contributed by atoms with E-state index in [0.717, 1.165) is 24.8 Å². The summed E-state index contributed by atoms with van der Waals surface area (Å²) in [6.07, 6.45) is 4.77. The minimum Gasteiger partial charge on any atom is -0.479 e. The van der Waals surface area contributed by atoms with E-state index in [1.165, 1.54) is 11.8 Å². The molecule has 0 bridgehead atoms. The van der Waals surface area contributed by atoms with Gasteiger partial charge in [-0.15, -0.1) is 5.10 Å². The molecule has 3 rings (SSSR count). The highest BCUT2D eigenvalue weighted by molar-refractivity contribution is 7.89. The number of aromatic nitrogens is 2. The zero-order valence-corrected chi connectivity index (χ0v) is 17.9. The molecule has 2 heterocycles. The number of benzene rings is 1. The van der Waals surface area contributed by atoms with Gasteiger partial charge in [-0.25, -0.2) is 8.42 Å². The summed E-state index contributed by atoms with van der Waals surface area (Å²) in [4.78, 5) is 12.8. The van der Waals surface area contributed by atoms with Crippen LogP contribution in [-0.4, -0.2) is 54.7 Å². The number of ether oxygens (including phenoxy) is 1. The zero-order chi connectivity index (χ0) is 21.0. The first-order valence-corrected chi connectivity index (χ1v) is 11.2. The van der Waals surface area contributed by atoms with Gasteiger partial charge in [0.1, 0.15) is 5.56 Å². The third kappa shape index (κ3) is 4.79. The first-order valence-electron chi connectivity index (χ1n) is 9.77. The maximum Gasteiger partial charge on any atom is 0.258 e. The summed E-state index contributed by atoms with van der Waals surface area (Å²) < 4.78 is 34.5. The van der Waals surface area contributed by atoms with E-state index < -0.39 is 10.0 Å². The third-order valence-corrected chi connectivity index (χ3v) is 7.16. The van der Waals surface area contributed by atoms with Crippen LogP contribution < -0.4 is 10.1 Å². The Kier molecular flexibility index (Phi) is 6.59. The molecule has 2 aromatic rings. The van der Waals surface area contributed by atoms with Crippen molar-refractivity contribution >= 4 is 15.9 Å². The van der Waals surface area contributed by atoms with E-state index in [9.17, 15) is 13.2 Å². The van der Waals surface area contributed by atoms with Crippen molar-refractivity contribution < 1.29 is 17.9 Å². The number of hydrogen-bond donors (Lipinski definition) is 1. The van der Waals surface area contributed by atoms with Crippen molar-refractivity contribution in [3.63, 3.8) is 0 Å². The number of rotatable bonds is 7. The fraction of sp³-hybridized carbons (Fsp3) is 0.500. The maximum atomic E-state index is 13.1. The molecule has 29 heavy (non-hydrogen) atoms. The predicted octanol–water partition coefficient (Wildman–Crippen LogP) is 2.10. The highest BCUT2D eigenvalue weighted by Crippen LogP contribution is 2.27. The van der Waals surface area contributed by atoms with E-state index in [0.29, 0.717) is 30.0 Å². The van der Waals surface area contributed by atoms with Crippen LogP contribution in [0, 0.1) is 6.92 Å². The lowest BCUT2D eigenvalue weighted by Gasteiger charge is -2.34. The molecule has 0 radical (unpaired) electrons. The van der Waals surface area contributed by atoms with E-state index in [1.54, 1.807) is 29.7 Å². The lowest BCUT2D eigenvalue weighted by molar-refractivity contribution is 0.0946. The summed E-state index contributed by atoms with van der Waals surface area (Å²) in [6, 6.07) is 6.81. The largest absolute Gasteiger partial charge is 0.479 e. The Morgan fingerprint density at radius 3 is 2.69 bits per heavy atom.